The summed E-state index contributed by atoms with van der Waals surface area (Å²) in [5, 5.41) is 1.03. The van der Waals surface area contributed by atoms with Crippen LogP contribution in [0.4, 0.5) is 4.39 Å². The molecule has 2 aromatic carbocycles. The molecule has 3 nitrogen and oxygen atoms in total. The maximum Gasteiger partial charge on any atom is 0.266 e. The van der Waals surface area contributed by atoms with E-state index in [0.717, 1.165) is 5.56 Å². The Kier molecular flexibility index (Phi) is 3.47. The lowest BCUT2D eigenvalue weighted by atomic mass is 10.2. The monoisotopic (exact) mass is 302 g/mol. The minimum Gasteiger partial charge on any atom is -0.268 e. The molecular formula is C16H12ClFN2O. The fourth-order valence-corrected chi connectivity index (χ4v) is 2.61. The Balaban J connectivity index is 2.41. The van der Waals surface area contributed by atoms with Crippen LogP contribution in [0.5, 0.6) is 0 Å². The molecule has 0 aliphatic heterocycles. The van der Waals surface area contributed by atoms with Crippen LogP contribution >= 0.6 is 11.6 Å². The van der Waals surface area contributed by atoms with Crippen LogP contribution in [0, 0.1) is 6.92 Å². The maximum absolute atomic E-state index is 13.3. The van der Waals surface area contributed by atoms with Gasteiger partial charge in [-0.2, -0.15) is 0 Å². The molecule has 21 heavy (non-hydrogen) atoms. The summed E-state index contributed by atoms with van der Waals surface area (Å²) in [6, 6.07) is 12.0. The van der Waals surface area contributed by atoms with Crippen molar-refractivity contribution in [2.24, 2.45) is 0 Å². The van der Waals surface area contributed by atoms with Gasteiger partial charge < -0.3 is 0 Å². The van der Waals surface area contributed by atoms with Gasteiger partial charge in [0, 0.05) is 5.02 Å². The van der Waals surface area contributed by atoms with Crippen molar-refractivity contribution in [1.29, 1.82) is 0 Å². The van der Waals surface area contributed by atoms with Crippen LogP contribution < -0.4 is 5.56 Å². The summed E-state index contributed by atoms with van der Waals surface area (Å²) < 4.78 is 14.7. The number of fused-ring (bicyclic) bond motifs is 1. The van der Waals surface area contributed by atoms with Crippen molar-refractivity contribution < 1.29 is 4.39 Å². The van der Waals surface area contributed by atoms with Gasteiger partial charge in [-0.1, -0.05) is 23.7 Å². The zero-order valence-corrected chi connectivity index (χ0v) is 12.1. The van der Waals surface area contributed by atoms with Crippen LogP contribution in [0.3, 0.4) is 0 Å². The molecule has 1 aromatic heterocycles. The molecule has 0 fully saturated rings. The first kappa shape index (κ1) is 13.8. The topological polar surface area (TPSA) is 34.9 Å². The Morgan fingerprint density at radius 3 is 2.71 bits per heavy atom. The molecule has 0 aliphatic rings. The second-order valence-corrected chi connectivity index (χ2v) is 5.19. The highest BCUT2D eigenvalue weighted by Gasteiger charge is 2.14. The molecule has 0 saturated heterocycles. The molecule has 0 amide bonds. The van der Waals surface area contributed by atoms with Gasteiger partial charge in [0.2, 0.25) is 0 Å². The van der Waals surface area contributed by atoms with Crippen molar-refractivity contribution in [3.63, 3.8) is 0 Å². The molecule has 1 heterocycles. The quantitative estimate of drug-likeness (QED) is 0.721. The maximum atomic E-state index is 13.3. The van der Waals surface area contributed by atoms with Crippen LogP contribution in [0.15, 0.2) is 47.3 Å². The summed E-state index contributed by atoms with van der Waals surface area (Å²) in [7, 11) is 0. The van der Waals surface area contributed by atoms with E-state index in [9.17, 15) is 9.18 Å². The van der Waals surface area contributed by atoms with E-state index in [1.54, 1.807) is 42.5 Å². The Morgan fingerprint density at radius 2 is 2.00 bits per heavy atom. The second kappa shape index (κ2) is 5.30. The van der Waals surface area contributed by atoms with E-state index in [4.69, 9.17) is 11.6 Å². The minimum absolute atomic E-state index is 0.0872. The first-order chi connectivity index (χ1) is 10.1. The van der Waals surface area contributed by atoms with Crippen molar-refractivity contribution in [2.75, 3.05) is 0 Å². The van der Waals surface area contributed by atoms with Crippen molar-refractivity contribution in [1.82, 2.24) is 9.55 Å². The lowest BCUT2D eigenvalue weighted by Gasteiger charge is -2.14. The molecule has 3 aromatic rings. The molecule has 106 valence electrons. The van der Waals surface area contributed by atoms with Crippen LogP contribution in [0.1, 0.15) is 11.4 Å². The zero-order chi connectivity index (χ0) is 15.0. The van der Waals surface area contributed by atoms with Gasteiger partial charge in [-0.05, 0) is 42.8 Å². The number of nitrogens with zero attached hydrogens (tertiary/aromatic N) is 2. The molecule has 3 rings (SSSR count). The SMILES string of the molecule is Cc1cc(Cl)ccc1-n1c(CF)nc2ccccc2c1=O. The Morgan fingerprint density at radius 1 is 1.24 bits per heavy atom. The van der Waals surface area contributed by atoms with Gasteiger partial charge in [-0.3, -0.25) is 9.36 Å². The summed E-state index contributed by atoms with van der Waals surface area (Å²) in [4.78, 5) is 16.9. The number of rotatable bonds is 2. The van der Waals surface area contributed by atoms with E-state index in [1.165, 1.54) is 4.57 Å². The molecule has 0 bridgehead atoms. The van der Waals surface area contributed by atoms with Gasteiger partial charge in [-0.25, -0.2) is 9.37 Å². The third-order valence-corrected chi connectivity index (χ3v) is 3.60. The molecule has 0 N–H and O–H groups in total. The van der Waals surface area contributed by atoms with Gasteiger partial charge in [0.25, 0.3) is 5.56 Å². The van der Waals surface area contributed by atoms with E-state index in [0.29, 0.717) is 21.6 Å². The second-order valence-electron chi connectivity index (χ2n) is 4.75. The van der Waals surface area contributed by atoms with Crippen LogP contribution in [0.2, 0.25) is 5.02 Å². The lowest BCUT2D eigenvalue weighted by molar-refractivity contribution is 0.457. The Bertz CT molecular complexity index is 889. The van der Waals surface area contributed by atoms with Gasteiger partial charge in [0.15, 0.2) is 0 Å². The minimum atomic E-state index is -0.817. The fourth-order valence-electron chi connectivity index (χ4n) is 2.39. The van der Waals surface area contributed by atoms with Crippen LogP contribution in [0.25, 0.3) is 16.6 Å². The van der Waals surface area contributed by atoms with Gasteiger partial charge >= 0.3 is 0 Å². The summed E-state index contributed by atoms with van der Waals surface area (Å²) in [6.07, 6.45) is 0. The Labute approximate surface area is 125 Å². The zero-order valence-electron chi connectivity index (χ0n) is 11.3. The first-order valence-corrected chi connectivity index (χ1v) is 6.83. The van der Waals surface area contributed by atoms with Crippen molar-refractivity contribution >= 4 is 22.5 Å². The highest BCUT2D eigenvalue weighted by atomic mass is 35.5. The van der Waals surface area contributed by atoms with Crippen molar-refractivity contribution in [2.45, 2.75) is 13.6 Å². The normalized spacial score (nSPS) is 11.0. The lowest BCUT2D eigenvalue weighted by Crippen LogP contribution is -2.24. The van der Waals surface area contributed by atoms with Crippen LogP contribution in [-0.2, 0) is 6.67 Å². The number of aryl methyl sites for hydroxylation is 1. The standard InChI is InChI=1S/C16H12ClFN2O/c1-10-8-11(17)6-7-14(10)20-15(9-18)19-13-5-3-2-4-12(13)16(20)21/h2-8H,9H2,1H3. The highest BCUT2D eigenvalue weighted by Crippen LogP contribution is 2.20. The average Bonchev–Trinajstić information content (AvgIpc) is 2.48. The van der Waals surface area contributed by atoms with Crippen molar-refractivity contribution in [3.8, 4) is 5.69 Å². The number of benzene rings is 2. The summed E-state index contributed by atoms with van der Waals surface area (Å²) in [5.74, 6) is 0.0872. The predicted octanol–water partition coefficient (Wildman–Crippen LogP) is 3.82. The third kappa shape index (κ3) is 2.32. The number of halogens is 2. The van der Waals surface area contributed by atoms with E-state index in [2.05, 4.69) is 4.98 Å². The van der Waals surface area contributed by atoms with Crippen molar-refractivity contribution in [3.05, 3.63) is 69.2 Å². The van der Waals surface area contributed by atoms with Gasteiger partial charge in [0.05, 0.1) is 16.6 Å². The number of hydrogen-bond donors (Lipinski definition) is 0. The molecule has 0 spiro atoms. The fraction of sp³-hybridized carbons (Fsp3) is 0.125. The molecule has 5 heteroatoms. The molecule has 0 atom stereocenters. The molecular weight excluding hydrogens is 291 g/mol. The van der Waals surface area contributed by atoms with E-state index in [1.807, 2.05) is 6.92 Å². The number of hydrogen-bond acceptors (Lipinski definition) is 2. The first-order valence-electron chi connectivity index (χ1n) is 6.45. The predicted molar refractivity (Wildman–Crippen MR) is 81.9 cm³/mol. The highest BCUT2D eigenvalue weighted by molar-refractivity contribution is 6.30. The summed E-state index contributed by atoms with van der Waals surface area (Å²) >= 11 is 5.94. The molecule has 0 radical (unpaired) electrons. The third-order valence-electron chi connectivity index (χ3n) is 3.36. The molecule has 0 unspecified atom stereocenters. The molecule has 0 aliphatic carbocycles. The number of para-hydroxylation sites is 1. The molecule has 0 saturated carbocycles. The van der Waals surface area contributed by atoms with Gasteiger partial charge in [0.1, 0.15) is 12.5 Å². The number of aromatic nitrogens is 2. The van der Waals surface area contributed by atoms with E-state index < -0.39 is 6.67 Å². The number of alkyl halides is 1. The van der Waals surface area contributed by atoms with E-state index >= 15 is 0 Å². The van der Waals surface area contributed by atoms with Crippen LogP contribution in [-0.4, -0.2) is 9.55 Å². The summed E-state index contributed by atoms with van der Waals surface area (Å²) in [6.45, 7) is 1.01. The average molecular weight is 303 g/mol. The smallest absolute Gasteiger partial charge is 0.266 e. The largest absolute Gasteiger partial charge is 0.268 e. The Hall–Kier alpha value is -2.20. The van der Waals surface area contributed by atoms with Gasteiger partial charge in [-0.15, -0.1) is 0 Å². The van der Waals surface area contributed by atoms with E-state index in [-0.39, 0.29) is 11.4 Å². The summed E-state index contributed by atoms with van der Waals surface area (Å²) in [5.41, 5.74) is 1.60.